The molecule has 28 heavy (non-hydrogen) atoms. The van der Waals surface area contributed by atoms with Gasteiger partial charge in [-0.1, -0.05) is 24.3 Å². The zero-order valence-electron chi connectivity index (χ0n) is 16.4. The standard InChI is InChI=1S/C21H27N3O3S/c1-17(25)24(15-18-6-5-11-22-14-18)20-9-12-23(13-10-20)16-19-7-3-4-8-21(19)28(2,26)27/h3-8,11,14,20H,9-10,12-13,15-16H2,1-2H3. The van der Waals surface area contributed by atoms with Gasteiger partial charge in [0.1, 0.15) is 0 Å². The number of carbonyl (C=O) groups excluding carboxylic acids is 1. The number of pyridine rings is 1. The molecule has 0 saturated carbocycles. The molecule has 0 spiro atoms. The molecule has 1 fully saturated rings. The van der Waals surface area contributed by atoms with Gasteiger partial charge in [0.2, 0.25) is 5.91 Å². The minimum Gasteiger partial charge on any atom is -0.335 e. The van der Waals surface area contributed by atoms with Crippen LogP contribution in [-0.4, -0.2) is 54.5 Å². The quantitative estimate of drug-likeness (QED) is 0.744. The van der Waals surface area contributed by atoms with Gasteiger partial charge in [0.15, 0.2) is 9.84 Å². The van der Waals surface area contributed by atoms with E-state index in [0.29, 0.717) is 18.0 Å². The van der Waals surface area contributed by atoms with E-state index in [-0.39, 0.29) is 11.9 Å². The van der Waals surface area contributed by atoms with Gasteiger partial charge in [0, 0.05) is 57.8 Å². The van der Waals surface area contributed by atoms with E-state index < -0.39 is 9.84 Å². The Balaban J connectivity index is 1.63. The van der Waals surface area contributed by atoms with E-state index in [4.69, 9.17) is 0 Å². The van der Waals surface area contributed by atoms with Crippen molar-refractivity contribution in [1.29, 1.82) is 0 Å². The molecule has 0 unspecified atom stereocenters. The normalized spacial score (nSPS) is 16.1. The van der Waals surface area contributed by atoms with Crippen molar-refractivity contribution in [3.05, 3.63) is 59.9 Å². The van der Waals surface area contributed by atoms with Gasteiger partial charge in [0.05, 0.1) is 4.90 Å². The minimum absolute atomic E-state index is 0.0738. The third kappa shape index (κ3) is 5.17. The van der Waals surface area contributed by atoms with Crippen LogP contribution in [0.1, 0.15) is 30.9 Å². The van der Waals surface area contributed by atoms with Gasteiger partial charge in [-0.15, -0.1) is 0 Å². The monoisotopic (exact) mass is 401 g/mol. The van der Waals surface area contributed by atoms with Gasteiger partial charge in [0.25, 0.3) is 0 Å². The number of rotatable bonds is 6. The van der Waals surface area contributed by atoms with Gasteiger partial charge in [-0.3, -0.25) is 14.7 Å². The Morgan fingerprint density at radius 2 is 1.89 bits per heavy atom. The van der Waals surface area contributed by atoms with Crippen LogP contribution in [0.15, 0.2) is 53.7 Å². The van der Waals surface area contributed by atoms with Gasteiger partial charge in [-0.2, -0.15) is 0 Å². The van der Waals surface area contributed by atoms with Crippen LogP contribution in [-0.2, 0) is 27.7 Å². The first kappa shape index (κ1) is 20.5. The molecule has 0 aliphatic carbocycles. The van der Waals surface area contributed by atoms with E-state index in [1.807, 2.05) is 29.2 Å². The van der Waals surface area contributed by atoms with Crippen molar-refractivity contribution in [3.63, 3.8) is 0 Å². The maximum atomic E-state index is 12.2. The van der Waals surface area contributed by atoms with Gasteiger partial charge in [-0.05, 0) is 36.1 Å². The molecule has 0 atom stereocenters. The molecule has 1 aliphatic rings. The second-order valence-corrected chi connectivity index (χ2v) is 9.38. The Bertz CT molecular complexity index is 908. The maximum Gasteiger partial charge on any atom is 0.219 e. The Morgan fingerprint density at radius 1 is 1.18 bits per heavy atom. The molecule has 2 aromatic rings. The Kier molecular flexibility index (Phi) is 6.46. The Labute approximate surface area is 167 Å². The minimum atomic E-state index is -3.24. The molecule has 6 nitrogen and oxygen atoms in total. The summed E-state index contributed by atoms with van der Waals surface area (Å²) in [5.41, 5.74) is 1.87. The van der Waals surface area contributed by atoms with Gasteiger partial charge in [-0.25, -0.2) is 8.42 Å². The molecule has 1 amide bonds. The lowest BCUT2D eigenvalue weighted by atomic mass is 10.0. The van der Waals surface area contributed by atoms with E-state index in [2.05, 4.69) is 9.88 Å². The van der Waals surface area contributed by atoms with E-state index in [0.717, 1.165) is 37.1 Å². The summed E-state index contributed by atoms with van der Waals surface area (Å²) in [5.74, 6) is 0.0738. The molecule has 150 valence electrons. The predicted molar refractivity (Wildman–Crippen MR) is 108 cm³/mol. The fourth-order valence-corrected chi connectivity index (χ4v) is 4.75. The number of hydrogen-bond donors (Lipinski definition) is 0. The van der Waals surface area contributed by atoms with Crippen molar-refractivity contribution in [2.75, 3.05) is 19.3 Å². The third-order valence-corrected chi connectivity index (χ3v) is 6.44. The van der Waals surface area contributed by atoms with Crippen molar-refractivity contribution in [3.8, 4) is 0 Å². The van der Waals surface area contributed by atoms with Crippen LogP contribution in [0, 0.1) is 0 Å². The molecular formula is C21H27N3O3S. The van der Waals surface area contributed by atoms with Crippen LogP contribution in [0.3, 0.4) is 0 Å². The number of carbonyl (C=O) groups is 1. The summed E-state index contributed by atoms with van der Waals surface area (Å²) in [4.78, 5) is 20.9. The largest absolute Gasteiger partial charge is 0.335 e. The molecule has 0 radical (unpaired) electrons. The molecule has 7 heteroatoms. The molecular weight excluding hydrogens is 374 g/mol. The van der Waals surface area contributed by atoms with Gasteiger partial charge < -0.3 is 4.90 Å². The van der Waals surface area contributed by atoms with Crippen LogP contribution in [0.2, 0.25) is 0 Å². The summed E-state index contributed by atoms with van der Waals surface area (Å²) in [6.07, 6.45) is 6.53. The Morgan fingerprint density at radius 3 is 2.50 bits per heavy atom. The molecule has 2 heterocycles. The van der Waals surface area contributed by atoms with Crippen molar-refractivity contribution < 1.29 is 13.2 Å². The number of likely N-dealkylation sites (tertiary alicyclic amines) is 1. The lowest BCUT2D eigenvalue weighted by Gasteiger charge is -2.38. The molecule has 0 bridgehead atoms. The van der Waals surface area contributed by atoms with Crippen LogP contribution in [0.25, 0.3) is 0 Å². The lowest BCUT2D eigenvalue weighted by molar-refractivity contribution is -0.132. The fraction of sp³-hybridized carbons (Fsp3) is 0.429. The zero-order valence-corrected chi connectivity index (χ0v) is 17.2. The molecule has 1 aliphatic heterocycles. The average Bonchev–Trinajstić information content (AvgIpc) is 2.67. The van der Waals surface area contributed by atoms with Crippen molar-refractivity contribution in [1.82, 2.24) is 14.8 Å². The van der Waals surface area contributed by atoms with E-state index >= 15 is 0 Å². The van der Waals surface area contributed by atoms with Crippen molar-refractivity contribution >= 4 is 15.7 Å². The van der Waals surface area contributed by atoms with Crippen LogP contribution >= 0.6 is 0 Å². The number of aromatic nitrogens is 1. The van der Waals surface area contributed by atoms with Gasteiger partial charge >= 0.3 is 0 Å². The SMILES string of the molecule is CC(=O)N(Cc1cccnc1)C1CCN(Cc2ccccc2S(C)(=O)=O)CC1. The first-order valence-corrected chi connectivity index (χ1v) is 11.4. The number of benzene rings is 1. The van der Waals surface area contributed by atoms with E-state index in [1.165, 1.54) is 6.26 Å². The number of piperidine rings is 1. The summed E-state index contributed by atoms with van der Waals surface area (Å²) in [5, 5.41) is 0. The number of nitrogens with zero attached hydrogens (tertiary/aromatic N) is 3. The second-order valence-electron chi connectivity index (χ2n) is 7.40. The summed E-state index contributed by atoms with van der Waals surface area (Å²) >= 11 is 0. The van der Waals surface area contributed by atoms with Crippen molar-refractivity contribution in [2.24, 2.45) is 0 Å². The summed E-state index contributed by atoms with van der Waals surface area (Å²) in [7, 11) is -3.24. The topological polar surface area (TPSA) is 70.6 Å². The molecule has 0 N–H and O–H groups in total. The highest BCUT2D eigenvalue weighted by Gasteiger charge is 2.27. The molecule has 1 aromatic heterocycles. The lowest BCUT2D eigenvalue weighted by Crippen LogP contribution is -2.46. The first-order valence-electron chi connectivity index (χ1n) is 9.51. The smallest absolute Gasteiger partial charge is 0.219 e. The number of hydrogen-bond acceptors (Lipinski definition) is 5. The van der Waals surface area contributed by atoms with Crippen LogP contribution in [0.4, 0.5) is 0 Å². The summed E-state index contributed by atoms with van der Waals surface area (Å²) < 4.78 is 24.0. The highest BCUT2D eigenvalue weighted by atomic mass is 32.2. The average molecular weight is 402 g/mol. The highest BCUT2D eigenvalue weighted by molar-refractivity contribution is 7.90. The van der Waals surface area contributed by atoms with Crippen molar-refractivity contribution in [2.45, 2.75) is 43.8 Å². The van der Waals surface area contributed by atoms with E-state index in [9.17, 15) is 13.2 Å². The Hall–Kier alpha value is -2.25. The maximum absolute atomic E-state index is 12.2. The van der Waals surface area contributed by atoms with Crippen LogP contribution in [0.5, 0.6) is 0 Å². The predicted octanol–water partition coefficient (Wildman–Crippen LogP) is 2.50. The molecule has 1 saturated heterocycles. The number of amides is 1. The highest BCUT2D eigenvalue weighted by Crippen LogP contribution is 2.23. The zero-order chi connectivity index (χ0) is 20.1. The fourth-order valence-electron chi connectivity index (χ4n) is 3.81. The molecule has 3 rings (SSSR count). The van der Waals surface area contributed by atoms with E-state index in [1.54, 1.807) is 31.5 Å². The summed E-state index contributed by atoms with van der Waals surface area (Å²) in [6, 6.07) is 11.3. The number of sulfone groups is 1. The summed E-state index contributed by atoms with van der Waals surface area (Å²) in [6.45, 7) is 4.47. The first-order chi connectivity index (χ1) is 13.3. The molecule has 1 aromatic carbocycles. The third-order valence-electron chi connectivity index (χ3n) is 5.24. The second kappa shape index (κ2) is 8.84. The van der Waals surface area contributed by atoms with Crippen LogP contribution < -0.4 is 0 Å².